The van der Waals surface area contributed by atoms with Crippen molar-refractivity contribution in [3.63, 3.8) is 0 Å². The minimum absolute atomic E-state index is 0.169. The van der Waals surface area contributed by atoms with E-state index >= 15 is 0 Å². The molecule has 0 aromatic heterocycles. The monoisotopic (exact) mass is 231 g/mol. The molecule has 0 rings (SSSR count). The summed E-state index contributed by atoms with van der Waals surface area (Å²) >= 11 is 0. The molecule has 2 N–H and O–H groups in total. The third-order valence-corrected chi connectivity index (χ3v) is 2.13. The summed E-state index contributed by atoms with van der Waals surface area (Å²) in [5, 5.41) is 0. The summed E-state index contributed by atoms with van der Waals surface area (Å²) in [6, 6.07) is 0. The summed E-state index contributed by atoms with van der Waals surface area (Å²) in [6.45, 7) is 9.32. The van der Waals surface area contributed by atoms with Crippen molar-refractivity contribution in [2.45, 2.75) is 46.1 Å². The first-order valence-corrected chi connectivity index (χ1v) is 5.85. The maximum atomic E-state index is 11.3. The molecule has 0 bridgehead atoms. The van der Waals surface area contributed by atoms with Gasteiger partial charge in [0.25, 0.3) is 0 Å². The van der Waals surface area contributed by atoms with Crippen molar-refractivity contribution in [3.8, 4) is 0 Å². The number of carbonyl (C=O) groups is 1. The lowest BCUT2D eigenvalue weighted by Gasteiger charge is -2.19. The van der Waals surface area contributed by atoms with Gasteiger partial charge in [-0.1, -0.05) is 6.92 Å². The van der Waals surface area contributed by atoms with E-state index in [2.05, 4.69) is 0 Å². The van der Waals surface area contributed by atoms with E-state index in [9.17, 15) is 4.79 Å². The van der Waals surface area contributed by atoms with Gasteiger partial charge in [-0.3, -0.25) is 4.79 Å². The van der Waals surface area contributed by atoms with Gasteiger partial charge >= 0.3 is 5.97 Å². The van der Waals surface area contributed by atoms with Gasteiger partial charge in [0.2, 0.25) is 0 Å². The number of rotatable bonds is 7. The first kappa shape index (κ1) is 15.4. The molecule has 4 heteroatoms. The molecule has 4 nitrogen and oxygen atoms in total. The third-order valence-electron chi connectivity index (χ3n) is 2.13. The second kappa shape index (κ2) is 7.63. The molecule has 0 aliphatic carbocycles. The molecule has 0 aliphatic heterocycles. The molecule has 0 heterocycles. The second-order valence-electron chi connectivity index (χ2n) is 5.06. The van der Waals surface area contributed by atoms with Crippen molar-refractivity contribution in [1.82, 2.24) is 0 Å². The van der Waals surface area contributed by atoms with Gasteiger partial charge in [0.15, 0.2) is 0 Å². The molecule has 0 fully saturated rings. The van der Waals surface area contributed by atoms with Crippen LogP contribution in [-0.2, 0) is 14.3 Å². The summed E-state index contributed by atoms with van der Waals surface area (Å²) < 4.78 is 10.5. The Morgan fingerprint density at radius 3 is 2.44 bits per heavy atom. The normalized spacial score (nSPS) is 13.6. The molecule has 0 saturated heterocycles. The Hall–Kier alpha value is -0.610. The summed E-state index contributed by atoms with van der Waals surface area (Å²) in [5.41, 5.74) is 5.28. The van der Waals surface area contributed by atoms with Crippen LogP contribution < -0.4 is 5.73 Å². The number of carbonyl (C=O) groups excluding carboxylic acids is 1. The number of nitrogens with two attached hydrogens (primary N) is 1. The van der Waals surface area contributed by atoms with Gasteiger partial charge in [-0.2, -0.15) is 0 Å². The highest BCUT2D eigenvalue weighted by molar-refractivity contribution is 5.69. The Bertz CT molecular complexity index is 199. The quantitative estimate of drug-likeness (QED) is 0.535. The van der Waals surface area contributed by atoms with E-state index in [1.807, 2.05) is 27.7 Å². The minimum Gasteiger partial charge on any atom is -0.463 e. The van der Waals surface area contributed by atoms with Gasteiger partial charge in [-0.25, -0.2) is 0 Å². The summed E-state index contributed by atoms with van der Waals surface area (Å²) in [4.78, 5) is 11.3. The number of hydrogen-bond donors (Lipinski definition) is 1. The lowest BCUT2D eigenvalue weighted by molar-refractivity contribution is -0.147. The zero-order chi connectivity index (χ0) is 12.6. The van der Waals surface area contributed by atoms with E-state index in [0.717, 1.165) is 6.42 Å². The Morgan fingerprint density at radius 1 is 1.31 bits per heavy atom. The molecule has 0 spiro atoms. The predicted octanol–water partition coefficient (Wildman–Crippen LogP) is 1.72. The van der Waals surface area contributed by atoms with Crippen molar-refractivity contribution in [1.29, 1.82) is 0 Å². The predicted molar refractivity (Wildman–Crippen MR) is 64.1 cm³/mol. The lowest BCUT2D eigenvalue weighted by atomic mass is 10.1. The van der Waals surface area contributed by atoms with Crippen LogP contribution in [0.25, 0.3) is 0 Å². The highest BCUT2D eigenvalue weighted by atomic mass is 16.6. The molecule has 0 radical (unpaired) electrons. The van der Waals surface area contributed by atoms with Gasteiger partial charge in [-0.05, 0) is 39.7 Å². The largest absolute Gasteiger partial charge is 0.463 e. The van der Waals surface area contributed by atoms with Crippen molar-refractivity contribution in [3.05, 3.63) is 0 Å². The van der Waals surface area contributed by atoms with Gasteiger partial charge < -0.3 is 15.2 Å². The minimum atomic E-state index is -0.180. The fourth-order valence-electron chi connectivity index (χ4n) is 1.06. The van der Waals surface area contributed by atoms with Crippen LogP contribution in [0.2, 0.25) is 0 Å². The molecule has 0 amide bonds. The van der Waals surface area contributed by atoms with E-state index in [4.69, 9.17) is 15.2 Å². The molecular formula is C12H25NO3. The maximum absolute atomic E-state index is 11.3. The molecule has 1 unspecified atom stereocenters. The fraction of sp³-hybridized carbons (Fsp3) is 0.917. The first-order chi connectivity index (χ1) is 7.35. The maximum Gasteiger partial charge on any atom is 0.305 e. The molecule has 16 heavy (non-hydrogen) atoms. The Balaban J connectivity index is 3.44. The highest BCUT2D eigenvalue weighted by Crippen LogP contribution is 2.07. The lowest BCUT2D eigenvalue weighted by Crippen LogP contribution is -2.22. The Morgan fingerprint density at radius 2 is 1.94 bits per heavy atom. The standard InChI is InChI=1S/C12H25NO3/c1-10(9-13)5-6-11(14)15-7-8-16-12(2,3)4/h10H,5-9,13H2,1-4H3. The molecule has 0 saturated carbocycles. The van der Waals surface area contributed by atoms with Crippen molar-refractivity contribution >= 4 is 5.97 Å². The zero-order valence-electron chi connectivity index (χ0n) is 10.9. The molecule has 0 aliphatic rings. The van der Waals surface area contributed by atoms with Crippen LogP contribution in [0.3, 0.4) is 0 Å². The average Bonchev–Trinajstić information content (AvgIpc) is 2.19. The third kappa shape index (κ3) is 9.93. The zero-order valence-corrected chi connectivity index (χ0v) is 10.9. The number of hydrogen-bond acceptors (Lipinski definition) is 4. The van der Waals surface area contributed by atoms with E-state index in [1.54, 1.807) is 0 Å². The molecule has 0 aromatic carbocycles. The van der Waals surface area contributed by atoms with E-state index in [0.29, 0.717) is 32.1 Å². The highest BCUT2D eigenvalue weighted by Gasteiger charge is 2.10. The van der Waals surface area contributed by atoms with Crippen LogP contribution in [0.15, 0.2) is 0 Å². The topological polar surface area (TPSA) is 61.6 Å². The summed E-state index contributed by atoms with van der Waals surface area (Å²) in [6.07, 6.45) is 1.23. The van der Waals surface area contributed by atoms with Gasteiger partial charge in [0.05, 0.1) is 12.2 Å². The fourth-order valence-corrected chi connectivity index (χ4v) is 1.06. The Kier molecular flexibility index (Phi) is 7.34. The summed E-state index contributed by atoms with van der Waals surface area (Å²) in [7, 11) is 0. The molecule has 96 valence electrons. The van der Waals surface area contributed by atoms with Crippen LogP contribution in [0, 0.1) is 5.92 Å². The smallest absolute Gasteiger partial charge is 0.305 e. The van der Waals surface area contributed by atoms with E-state index < -0.39 is 0 Å². The van der Waals surface area contributed by atoms with Crippen LogP contribution in [0.4, 0.5) is 0 Å². The van der Waals surface area contributed by atoms with Crippen molar-refractivity contribution < 1.29 is 14.3 Å². The Labute approximate surface area is 98.5 Å². The second-order valence-corrected chi connectivity index (χ2v) is 5.06. The van der Waals surface area contributed by atoms with Gasteiger partial charge in [0, 0.05) is 6.42 Å². The molecular weight excluding hydrogens is 206 g/mol. The van der Waals surface area contributed by atoms with Crippen LogP contribution >= 0.6 is 0 Å². The number of ether oxygens (including phenoxy) is 2. The molecule has 1 atom stereocenters. The van der Waals surface area contributed by atoms with Gasteiger partial charge in [-0.15, -0.1) is 0 Å². The van der Waals surface area contributed by atoms with Crippen LogP contribution in [0.1, 0.15) is 40.5 Å². The van der Waals surface area contributed by atoms with Crippen molar-refractivity contribution in [2.75, 3.05) is 19.8 Å². The number of esters is 1. The van der Waals surface area contributed by atoms with Crippen molar-refractivity contribution in [2.24, 2.45) is 11.7 Å². The van der Waals surface area contributed by atoms with E-state index in [1.165, 1.54) is 0 Å². The molecule has 0 aromatic rings. The SMILES string of the molecule is CC(CN)CCC(=O)OCCOC(C)(C)C. The van der Waals surface area contributed by atoms with Crippen LogP contribution in [0.5, 0.6) is 0 Å². The first-order valence-electron chi connectivity index (χ1n) is 5.85. The average molecular weight is 231 g/mol. The van der Waals surface area contributed by atoms with E-state index in [-0.39, 0.29) is 11.6 Å². The summed E-state index contributed by atoms with van der Waals surface area (Å²) in [5.74, 6) is 0.205. The van der Waals surface area contributed by atoms with Gasteiger partial charge in [0.1, 0.15) is 6.61 Å². The van der Waals surface area contributed by atoms with Crippen LogP contribution in [-0.4, -0.2) is 31.3 Å².